The van der Waals surface area contributed by atoms with Crippen LogP contribution in [0.1, 0.15) is 5.56 Å². The summed E-state index contributed by atoms with van der Waals surface area (Å²) in [6, 6.07) is 13.2. The van der Waals surface area contributed by atoms with Crippen molar-refractivity contribution in [2.45, 2.75) is 0 Å². The van der Waals surface area contributed by atoms with E-state index in [-0.39, 0.29) is 5.56 Å². The fraction of sp³-hybridized carbons (Fsp3) is 0.0556. The van der Waals surface area contributed by atoms with Crippen LogP contribution in [0, 0.1) is 0 Å². The summed E-state index contributed by atoms with van der Waals surface area (Å²) in [6.45, 7) is 0. The first-order valence-electron chi connectivity index (χ1n) is 7.62. The number of rotatable bonds is 4. The minimum Gasteiger partial charge on any atom is -0.497 e. The van der Waals surface area contributed by atoms with Crippen molar-refractivity contribution >= 4 is 17.6 Å². The molecule has 0 saturated heterocycles. The van der Waals surface area contributed by atoms with Crippen molar-refractivity contribution in [1.29, 1.82) is 0 Å². The highest BCUT2D eigenvalue weighted by molar-refractivity contribution is 5.84. The van der Waals surface area contributed by atoms with Gasteiger partial charge < -0.3 is 15.6 Å². The maximum absolute atomic E-state index is 12.2. The highest BCUT2D eigenvalue weighted by Gasteiger charge is 2.14. The first kappa shape index (κ1) is 17.0. The standard InChI is InChI=1S/C18H16N4O4/c1-26-14-7-3-6-13(9-14)22-17(24)15(16(23)21-18(22)25)10-20-12-5-2-4-11(19)8-12/h2-10,24H,19H2,1H3,(H,21,23,25). The predicted octanol–water partition coefficient (Wildman–Crippen LogP) is 1.57. The molecular formula is C18H16N4O4. The SMILES string of the molecule is COc1cccc(-n2c(O)c(C=Nc3cccc(N)c3)c(=O)[nH]c2=O)c1. The van der Waals surface area contributed by atoms with Crippen molar-refractivity contribution in [2.75, 3.05) is 12.8 Å². The van der Waals surface area contributed by atoms with Gasteiger partial charge in [0.2, 0.25) is 5.88 Å². The summed E-state index contributed by atoms with van der Waals surface area (Å²) in [5.41, 5.74) is 5.35. The number of anilines is 1. The Labute approximate surface area is 147 Å². The molecule has 1 heterocycles. The number of benzene rings is 2. The minimum atomic E-state index is -0.776. The third kappa shape index (κ3) is 3.34. The maximum Gasteiger partial charge on any atom is 0.335 e. The van der Waals surface area contributed by atoms with E-state index in [1.807, 2.05) is 0 Å². The average molecular weight is 352 g/mol. The smallest absolute Gasteiger partial charge is 0.335 e. The van der Waals surface area contributed by atoms with Gasteiger partial charge >= 0.3 is 5.69 Å². The van der Waals surface area contributed by atoms with Crippen molar-refractivity contribution < 1.29 is 9.84 Å². The molecule has 0 bridgehead atoms. The number of aromatic amines is 1. The number of aromatic nitrogens is 2. The molecule has 0 aliphatic rings. The Morgan fingerprint density at radius 1 is 1.19 bits per heavy atom. The van der Waals surface area contributed by atoms with E-state index in [1.165, 1.54) is 13.3 Å². The van der Waals surface area contributed by atoms with Crippen LogP contribution >= 0.6 is 0 Å². The molecule has 0 aliphatic carbocycles. The Balaban J connectivity index is 2.12. The second-order valence-electron chi connectivity index (χ2n) is 5.39. The summed E-state index contributed by atoms with van der Waals surface area (Å²) in [7, 11) is 1.48. The number of nitrogen functional groups attached to an aromatic ring is 1. The van der Waals surface area contributed by atoms with Gasteiger partial charge in [0.05, 0.1) is 18.5 Å². The lowest BCUT2D eigenvalue weighted by Gasteiger charge is -2.10. The Bertz CT molecular complexity index is 1100. The van der Waals surface area contributed by atoms with Crippen LogP contribution in [0.3, 0.4) is 0 Å². The molecule has 26 heavy (non-hydrogen) atoms. The van der Waals surface area contributed by atoms with E-state index in [1.54, 1.807) is 48.5 Å². The number of ether oxygens (including phenoxy) is 1. The molecule has 0 aliphatic heterocycles. The number of nitrogens with zero attached hydrogens (tertiary/aromatic N) is 2. The largest absolute Gasteiger partial charge is 0.497 e. The Hall–Kier alpha value is -3.81. The molecule has 1 aromatic heterocycles. The summed E-state index contributed by atoms with van der Waals surface area (Å²) in [5.74, 6) is -0.0327. The van der Waals surface area contributed by atoms with Crippen LogP contribution in [0.2, 0.25) is 0 Å². The molecule has 0 spiro atoms. The zero-order valence-corrected chi connectivity index (χ0v) is 13.8. The number of nitrogens with two attached hydrogens (primary N) is 1. The van der Waals surface area contributed by atoms with Gasteiger partial charge in [0.15, 0.2) is 0 Å². The monoisotopic (exact) mass is 352 g/mol. The molecule has 3 rings (SSSR count). The summed E-state index contributed by atoms with van der Waals surface area (Å²) < 4.78 is 6.08. The van der Waals surface area contributed by atoms with E-state index in [9.17, 15) is 14.7 Å². The number of methoxy groups -OCH3 is 1. The Kier molecular flexibility index (Phi) is 4.57. The highest BCUT2D eigenvalue weighted by atomic mass is 16.5. The first-order chi connectivity index (χ1) is 12.5. The van der Waals surface area contributed by atoms with E-state index in [0.717, 1.165) is 4.57 Å². The Morgan fingerprint density at radius 3 is 2.69 bits per heavy atom. The molecule has 8 heteroatoms. The number of hydrogen-bond acceptors (Lipinski definition) is 6. The molecule has 0 saturated carbocycles. The van der Waals surface area contributed by atoms with Crippen molar-refractivity contribution in [3.63, 3.8) is 0 Å². The van der Waals surface area contributed by atoms with Crippen molar-refractivity contribution in [3.8, 4) is 17.3 Å². The lowest BCUT2D eigenvalue weighted by Crippen LogP contribution is -2.31. The van der Waals surface area contributed by atoms with Crippen molar-refractivity contribution in [2.24, 2.45) is 4.99 Å². The number of aliphatic imine (C=N–C) groups is 1. The first-order valence-corrected chi connectivity index (χ1v) is 7.62. The molecule has 2 aromatic carbocycles. The third-order valence-corrected chi connectivity index (χ3v) is 3.65. The van der Waals surface area contributed by atoms with Crippen LogP contribution < -0.4 is 21.7 Å². The molecule has 3 aromatic rings. The molecular weight excluding hydrogens is 336 g/mol. The molecule has 0 radical (unpaired) electrons. The summed E-state index contributed by atoms with van der Waals surface area (Å²) in [4.78, 5) is 30.6. The molecule has 132 valence electrons. The van der Waals surface area contributed by atoms with Crippen LogP contribution in [0.5, 0.6) is 11.6 Å². The van der Waals surface area contributed by atoms with E-state index >= 15 is 0 Å². The lowest BCUT2D eigenvalue weighted by molar-refractivity contribution is 0.412. The van der Waals surface area contributed by atoms with Crippen LogP contribution in [0.4, 0.5) is 11.4 Å². The second kappa shape index (κ2) is 6.98. The molecule has 0 fully saturated rings. The van der Waals surface area contributed by atoms with Gasteiger partial charge in [0, 0.05) is 18.0 Å². The van der Waals surface area contributed by atoms with Gasteiger partial charge in [-0.15, -0.1) is 0 Å². The molecule has 8 nitrogen and oxygen atoms in total. The minimum absolute atomic E-state index is 0.158. The zero-order valence-electron chi connectivity index (χ0n) is 13.8. The number of nitrogens with one attached hydrogen (secondary N) is 1. The topological polar surface area (TPSA) is 123 Å². The van der Waals surface area contributed by atoms with Gasteiger partial charge in [-0.05, 0) is 30.3 Å². The fourth-order valence-electron chi connectivity index (χ4n) is 2.39. The third-order valence-electron chi connectivity index (χ3n) is 3.65. The highest BCUT2D eigenvalue weighted by Crippen LogP contribution is 2.20. The maximum atomic E-state index is 12.2. The van der Waals surface area contributed by atoms with Crippen LogP contribution in [-0.2, 0) is 0 Å². The van der Waals surface area contributed by atoms with Gasteiger partial charge in [-0.25, -0.2) is 9.36 Å². The van der Waals surface area contributed by atoms with Crippen LogP contribution in [0.25, 0.3) is 5.69 Å². The second-order valence-corrected chi connectivity index (χ2v) is 5.39. The van der Waals surface area contributed by atoms with E-state index in [4.69, 9.17) is 10.5 Å². The lowest BCUT2D eigenvalue weighted by atomic mass is 10.2. The Morgan fingerprint density at radius 2 is 1.96 bits per heavy atom. The summed E-state index contributed by atoms with van der Waals surface area (Å²) >= 11 is 0. The van der Waals surface area contributed by atoms with E-state index < -0.39 is 17.1 Å². The predicted molar refractivity (Wildman–Crippen MR) is 99.0 cm³/mol. The van der Waals surface area contributed by atoms with Gasteiger partial charge in [-0.2, -0.15) is 0 Å². The summed E-state index contributed by atoms with van der Waals surface area (Å²) in [6.07, 6.45) is 1.18. The average Bonchev–Trinajstić information content (AvgIpc) is 2.61. The number of H-pyrrole nitrogens is 1. The zero-order chi connectivity index (χ0) is 18.7. The molecule has 0 unspecified atom stereocenters. The normalized spacial score (nSPS) is 11.0. The van der Waals surface area contributed by atoms with Gasteiger partial charge in [0.25, 0.3) is 5.56 Å². The molecule has 0 amide bonds. The van der Waals surface area contributed by atoms with E-state index in [2.05, 4.69) is 9.98 Å². The van der Waals surface area contributed by atoms with Crippen molar-refractivity contribution in [1.82, 2.24) is 9.55 Å². The quantitative estimate of drug-likeness (QED) is 0.486. The summed E-state index contributed by atoms with van der Waals surface area (Å²) in [5, 5.41) is 10.5. The van der Waals surface area contributed by atoms with Gasteiger partial charge in [0.1, 0.15) is 11.3 Å². The van der Waals surface area contributed by atoms with E-state index in [0.29, 0.717) is 22.8 Å². The van der Waals surface area contributed by atoms with Crippen molar-refractivity contribution in [3.05, 3.63) is 74.9 Å². The van der Waals surface area contributed by atoms with Gasteiger partial charge in [-0.3, -0.25) is 14.8 Å². The molecule has 4 N–H and O–H groups in total. The van der Waals surface area contributed by atoms with Crippen LogP contribution in [0.15, 0.2) is 63.1 Å². The number of aromatic hydroxyl groups is 1. The van der Waals surface area contributed by atoms with Gasteiger partial charge in [-0.1, -0.05) is 12.1 Å². The van der Waals surface area contributed by atoms with Crippen LogP contribution in [-0.4, -0.2) is 28.0 Å². The fourth-order valence-corrected chi connectivity index (χ4v) is 2.39. The molecule has 0 atom stereocenters. The number of hydrogen-bond donors (Lipinski definition) is 3.